The minimum absolute atomic E-state index is 0.0525. The van der Waals surface area contributed by atoms with Crippen LogP contribution in [0.1, 0.15) is 20.8 Å². The second kappa shape index (κ2) is 8.89. The standard InChI is InChI=1S/C20H24N2O4/c1-13(2)19(23)21-15-5-7-16(8-6-15)22-20(24)14(3)26-18-11-9-17(25-4)10-12-18/h5-14H,1-4H3,(H,21,23)(H,22,24)/t14-/m0/s1. The van der Waals surface area contributed by atoms with E-state index in [2.05, 4.69) is 10.6 Å². The SMILES string of the molecule is COc1ccc(O[C@@H](C)C(=O)Nc2ccc(NC(=O)C(C)C)cc2)cc1. The maximum absolute atomic E-state index is 12.3. The zero-order valence-electron chi connectivity index (χ0n) is 15.4. The van der Waals surface area contributed by atoms with Crippen LogP contribution in [-0.2, 0) is 9.59 Å². The molecule has 0 aliphatic rings. The molecular formula is C20H24N2O4. The van der Waals surface area contributed by atoms with E-state index in [9.17, 15) is 9.59 Å². The Kier molecular flexibility index (Phi) is 6.60. The zero-order chi connectivity index (χ0) is 19.1. The number of benzene rings is 2. The molecule has 1 atom stereocenters. The van der Waals surface area contributed by atoms with E-state index in [4.69, 9.17) is 9.47 Å². The molecule has 0 bridgehead atoms. The second-order valence-electron chi connectivity index (χ2n) is 6.15. The van der Waals surface area contributed by atoms with Crippen LogP contribution in [0.4, 0.5) is 11.4 Å². The van der Waals surface area contributed by atoms with Gasteiger partial charge in [0.15, 0.2) is 6.10 Å². The van der Waals surface area contributed by atoms with E-state index in [-0.39, 0.29) is 17.7 Å². The van der Waals surface area contributed by atoms with Crippen LogP contribution in [0.15, 0.2) is 48.5 Å². The molecule has 2 aromatic rings. The lowest BCUT2D eigenvalue weighted by molar-refractivity contribution is -0.122. The van der Waals surface area contributed by atoms with Gasteiger partial charge in [0.2, 0.25) is 5.91 Å². The van der Waals surface area contributed by atoms with Gasteiger partial charge >= 0.3 is 0 Å². The summed E-state index contributed by atoms with van der Waals surface area (Å²) in [5, 5.41) is 5.59. The fourth-order valence-corrected chi connectivity index (χ4v) is 2.08. The largest absolute Gasteiger partial charge is 0.497 e. The zero-order valence-corrected chi connectivity index (χ0v) is 15.4. The quantitative estimate of drug-likeness (QED) is 0.793. The van der Waals surface area contributed by atoms with Crippen LogP contribution in [0.3, 0.4) is 0 Å². The first-order valence-corrected chi connectivity index (χ1v) is 8.41. The minimum atomic E-state index is -0.663. The molecular weight excluding hydrogens is 332 g/mol. The van der Waals surface area contributed by atoms with Crippen molar-refractivity contribution in [3.63, 3.8) is 0 Å². The first-order chi connectivity index (χ1) is 12.4. The van der Waals surface area contributed by atoms with Crippen molar-refractivity contribution in [2.75, 3.05) is 17.7 Å². The molecule has 0 saturated heterocycles. The number of ether oxygens (including phenoxy) is 2. The maximum Gasteiger partial charge on any atom is 0.265 e. The summed E-state index contributed by atoms with van der Waals surface area (Å²) in [5.41, 5.74) is 1.31. The maximum atomic E-state index is 12.3. The lowest BCUT2D eigenvalue weighted by atomic mass is 10.2. The summed E-state index contributed by atoms with van der Waals surface area (Å²) in [6.45, 7) is 5.33. The molecule has 26 heavy (non-hydrogen) atoms. The number of carbonyl (C=O) groups is 2. The Balaban J connectivity index is 1.90. The monoisotopic (exact) mass is 356 g/mol. The molecule has 0 heterocycles. The predicted molar refractivity (Wildman–Crippen MR) is 102 cm³/mol. The number of anilines is 2. The van der Waals surface area contributed by atoms with Gasteiger partial charge in [0.1, 0.15) is 11.5 Å². The van der Waals surface area contributed by atoms with Crippen LogP contribution >= 0.6 is 0 Å². The van der Waals surface area contributed by atoms with Gasteiger partial charge in [-0.3, -0.25) is 9.59 Å². The molecule has 2 N–H and O–H groups in total. The van der Waals surface area contributed by atoms with Crippen molar-refractivity contribution >= 4 is 23.2 Å². The van der Waals surface area contributed by atoms with Crippen LogP contribution in [0.2, 0.25) is 0 Å². The normalized spacial score (nSPS) is 11.6. The van der Waals surface area contributed by atoms with Crippen molar-refractivity contribution in [1.82, 2.24) is 0 Å². The Morgan fingerprint density at radius 3 is 1.69 bits per heavy atom. The first-order valence-electron chi connectivity index (χ1n) is 8.41. The lowest BCUT2D eigenvalue weighted by Crippen LogP contribution is -2.30. The summed E-state index contributed by atoms with van der Waals surface area (Å²) in [6, 6.07) is 14.0. The molecule has 2 amide bonds. The van der Waals surface area contributed by atoms with E-state index in [1.54, 1.807) is 62.6 Å². The third-order valence-electron chi connectivity index (χ3n) is 3.69. The van der Waals surface area contributed by atoms with Crippen LogP contribution in [0.25, 0.3) is 0 Å². The van der Waals surface area contributed by atoms with E-state index in [1.165, 1.54) is 0 Å². The Bertz CT molecular complexity index is 739. The molecule has 0 saturated carbocycles. The first kappa shape index (κ1) is 19.3. The van der Waals surface area contributed by atoms with Crippen LogP contribution < -0.4 is 20.1 Å². The molecule has 0 radical (unpaired) electrons. The number of nitrogens with one attached hydrogen (secondary N) is 2. The number of rotatable bonds is 7. The predicted octanol–water partition coefficient (Wildman–Crippen LogP) is 3.70. The van der Waals surface area contributed by atoms with Gasteiger partial charge in [-0.15, -0.1) is 0 Å². The van der Waals surface area contributed by atoms with Gasteiger partial charge in [0.05, 0.1) is 7.11 Å². The molecule has 6 heteroatoms. The number of hydrogen-bond donors (Lipinski definition) is 2. The van der Waals surface area contributed by atoms with Gasteiger partial charge in [-0.25, -0.2) is 0 Å². The summed E-state index contributed by atoms with van der Waals surface area (Å²) < 4.78 is 10.7. The third-order valence-corrected chi connectivity index (χ3v) is 3.69. The molecule has 0 unspecified atom stereocenters. The number of hydrogen-bond acceptors (Lipinski definition) is 4. The van der Waals surface area contributed by atoms with Crippen molar-refractivity contribution in [3.05, 3.63) is 48.5 Å². The lowest BCUT2D eigenvalue weighted by Gasteiger charge is -2.15. The van der Waals surface area contributed by atoms with Gasteiger partial charge < -0.3 is 20.1 Å². The summed E-state index contributed by atoms with van der Waals surface area (Å²) in [4.78, 5) is 23.9. The van der Waals surface area contributed by atoms with Crippen LogP contribution in [0.5, 0.6) is 11.5 Å². The number of carbonyl (C=O) groups excluding carboxylic acids is 2. The highest BCUT2D eigenvalue weighted by Crippen LogP contribution is 2.19. The molecule has 2 rings (SSSR count). The average Bonchev–Trinajstić information content (AvgIpc) is 2.63. The summed E-state index contributed by atoms with van der Waals surface area (Å²) >= 11 is 0. The van der Waals surface area contributed by atoms with Gasteiger partial charge in [0.25, 0.3) is 5.91 Å². The van der Waals surface area contributed by atoms with Crippen molar-refractivity contribution in [2.45, 2.75) is 26.9 Å². The number of methoxy groups -OCH3 is 1. The fraction of sp³-hybridized carbons (Fsp3) is 0.300. The van der Waals surface area contributed by atoms with Crippen LogP contribution in [0, 0.1) is 5.92 Å². The Hall–Kier alpha value is -3.02. The van der Waals surface area contributed by atoms with E-state index < -0.39 is 6.10 Å². The smallest absolute Gasteiger partial charge is 0.265 e. The average molecular weight is 356 g/mol. The summed E-state index contributed by atoms with van der Waals surface area (Å²) in [6.07, 6.45) is -0.663. The Morgan fingerprint density at radius 2 is 1.23 bits per heavy atom. The molecule has 0 aliphatic carbocycles. The highest BCUT2D eigenvalue weighted by Gasteiger charge is 2.15. The second-order valence-corrected chi connectivity index (χ2v) is 6.15. The highest BCUT2D eigenvalue weighted by molar-refractivity contribution is 5.95. The molecule has 2 aromatic carbocycles. The van der Waals surface area contributed by atoms with E-state index in [1.807, 2.05) is 13.8 Å². The van der Waals surface area contributed by atoms with Crippen molar-refractivity contribution < 1.29 is 19.1 Å². The minimum Gasteiger partial charge on any atom is -0.497 e. The summed E-state index contributed by atoms with van der Waals surface area (Å²) in [7, 11) is 1.59. The van der Waals surface area contributed by atoms with Gasteiger partial charge in [-0.2, -0.15) is 0 Å². The number of amides is 2. The molecule has 6 nitrogen and oxygen atoms in total. The van der Waals surface area contributed by atoms with E-state index in [0.717, 1.165) is 5.75 Å². The molecule has 0 aliphatic heterocycles. The van der Waals surface area contributed by atoms with E-state index >= 15 is 0 Å². The highest BCUT2D eigenvalue weighted by atomic mass is 16.5. The molecule has 138 valence electrons. The third kappa shape index (κ3) is 5.51. The van der Waals surface area contributed by atoms with Gasteiger partial charge in [-0.05, 0) is 55.5 Å². The topological polar surface area (TPSA) is 76.7 Å². The fourth-order valence-electron chi connectivity index (χ4n) is 2.08. The Morgan fingerprint density at radius 1 is 0.769 bits per heavy atom. The van der Waals surface area contributed by atoms with E-state index in [0.29, 0.717) is 17.1 Å². The summed E-state index contributed by atoms with van der Waals surface area (Å²) in [5.74, 6) is 0.896. The molecule has 0 fully saturated rings. The molecule has 0 spiro atoms. The van der Waals surface area contributed by atoms with Crippen molar-refractivity contribution in [3.8, 4) is 11.5 Å². The van der Waals surface area contributed by atoms with Gasteiger partial charge in [0, 0.05) is 17.3 Å². The van der Waals surface area contributed by atoms with Crippen molar-refractivity contribution in [2.24, 2.45) is 5.92 Å². The molecule has 0 aromatic heterocycles. The Labute approximate surface area is 153 Å². The van der Waals surface area contributed by atoms with Crippen molar-refractivity contribution in [1.29, 1.82) is 0 Å². The van der Waals surface area contributed by atoms with Gasteiger partial charge in [-0.1, -0.05) is 13.8 Å². The van der Waals surface area contributed by atoms with Crippen LogP contribution in [-0.4, -0.2) is 25.0 Å².